The van der Waals surface area contributed by atoms with Crippen LogP contribution in [0.4, 0.5) is 10.5 Å². The van der Waals surface area contributed by atoms with E-state index in [-0.39, 0.29) is 11.6 Å². The van der Waals surface area contributed by atoms with Crippen molar-refractivity contribution >= 4 is 17.6 Å². The predicted octanol–water partition coefficient (Wildman–Crippen LogP) is 1.17. The second kappa shape index (κ2) is 5.84. The summed E-state index contributed by atoms with van der Waals surface area (Å²) >= 11 is 0. The molecule has 1 aromatic rings. The van der Waals surface area contributed by atoms with E-state index in [2.05, 4.69) is 17.2 Å². The first kappa shape index (κ1) is 15.5. The third kappa shape index (κ3) is 2.90. The van der Waals surface area contributed by atoms with Gasteiger partial charge in [-0.05, 0) is 5.56 Å². The Morgan fingerprint density at radius 1 is 1.32 bits per heavy atom. The largest absolute Gasteiger partial charge is 0.348 e. The highest BCUT2D eigenvalue weighted by atomic mass is 16.6. The first-order valence-corrected chi connectivity index (χ1v) is 6.53. The lowest BCUT2D eigenvalue weighted by molar-refractivity contribution is -0.384. The molecule has 116 valence electrons. The molecular formula is C14H16N4O4. The number of rotatable bonds is 3. The van der Waals surface area contributed by atoms with Crippen molar-refractivity contribution < 1.29 is 14.5 Å². The minimum absolute atomic E-state index is 0.0571. The van der Waals surface area contributed by atoms with E-state index in [1.807, 2.05) is 0 Å². The lowest BCUT2D eigenvalue weighted by atomic mass is 9.88. The van der Waals surface area contributed by atoms with Gasteiger partial charge in [-0.2, -0.15) is 0 Å². The van der Waals surface area contributed by atoms with Gasteiger partial charge in [0.05, 0.1) is 11.0 Å². The van der Waals surface area contributed by atoms with Crippen molar-refractivity contribution in [3.05, 3.63) is 52.2 Å². The molecule has 1 saturated heterocycles. The van der Waals surface area contributed by atoms with Gasteiger partial charge in [0.2, 0.25) is 5.91 Å². The van der Waals surface area contributed by atoms with Crippen LogP contribution in [0.15, 0.2) is 36.5 Å². The molecule has 22 heavy (non-hydrogen) atoms. The Labute approximate surface area is 126 Å². The number of hydrogen-bond donors (Lipinski definition) is 2. The summed E-state index contributed by atoms with van der Waals surface area (Å²) in [5.74, 6) is -0.907. The second-order valence-electron chi connectivity index (χ2n) is 5.16. The van der Waals surface area contributed by atoms with Gasteiger partial charge >= 0.3 is 6.03 Å². The van der Waals surface area contributed by atoms with Crippen LogP contribution in [0.1, 0.15) is 11.6 Å². The summed E-state index contributed by atoms with van der Waals surface area (Å²) in [7, 11) is 3.22. The summed E-state index contributed by atoms with van der Waals surface area (Å²) in [4.78, 5) is 35.6. The zero-order valence-corrected chi connectivity index (χ0v) is 12.2. The van der Waals surface area contributed by atoms with Crippen LogP contribution in [-0.4, -0.2) is 35.9 Å². The third-order valence-electron chi connectivity index (χ3n) is 3.44. The Hall–Kier alpha value is -2.90. The highest BCUT2D eigenvalue weighted by Gasteiger charge is 2.38. The van der Waals surface area contributed by atoms with E-state index >= 15 is 0 Å². The van der Waals surface area contributed by atoms with E-state index in [0.29, 0.717) is 11.3 Å². The zero-order valence-electron chi connectivity index (χ0n) is 12.2. The van der Waals surface area contributed by atoms with Gasteiger partial charge in [-0.25, -0.2) is 4.79 Å². The van der Waals surface area contributed by atoms with Crippen LogP contribution in [-0.2, 0) is 4.79 Å². The molecule has 3 amide bonds. The molecule has 0 bridgehead atoms. The summed E-state index contributed by atoms with van der Waals surface area (Å²) in [5.41, 5.74) is 0.839. The first-order valence-electron chi connectivity index (χ1n) is 6.53. The van der Waals surface area contributed by atoms with Crippen LogP contribution in [0, 0.1) is 16.0 Å². The molecular weight excluding hydrogens is 288 g/mol. The van der Waals surface area contributed by atoms with Crippen LogP contribution in [0.5, 0.6) is 0 Å². The molecule has 0 unspecified atom stereocenters. The molecule has 1 aromatic carbocycles. The fourth-order valence-corrected chi connectivity index (χ4v) is 2.33. The van der Waals surface area contributed by atoms with E-state index in [4.69, 9.17) is 0 Å². The average molecular weight is 304 g/mol. The van der Waals surface area contributed by atoms with Crippen molar-refractivity contribution in [2.75, 3.05) is 14.1 Å². The minimum Gasteiger partial charge on any atom is -0.348 e. The summed E-state index contributed by atoms with van der Waals surface area (Å²) in [6.45, 7) is 3.74. The molecule has 0 aromatic heterocycles. The Morgan fingerprint density at radius 2 is 1.91 bits per heavy atom. The summed E-state index contributed by atoms with van der Waals surface area (Å²) in [6, 6.07) is 4.63. The van der Waals surface area contributed by atoms with Crippen molar-refractivity contribution in [3.8, 4) is 0 Å². The number of non-ortho nitro benzene ring substituents is 1. The highest BCUT2D eigenvalue weighted by Crippen LogP contribution is 2.31. The molecule has 1 aliphatic heterocycles. The summed E-state index contributed by atoms with van der Waals surface area (Å²) in [5, 5.41) is 15.9. The molecule has 2 rings (SSSR count). The van der Waals surface area contributed by atoms with Crippen LogP contribution >= 0.6 is 0 Å². The Kier molecular flexibility index (Phi) is 4.11. The van der Waals surface area contributed by atoms with Crippen molar-refractivity contribution in [2.45, 2.75) is 6.04 Å². The quantitative estimate of drug-likeness (QED) is 0.646. The van der Waals surface area contributed by atoms with Gasteiger partial charge in [0.15, 0.2) is 0 Å². The molecule has 2 atom stereocenters. The Balaban J connectivity index is 2.38. The van der Waals surface area contributed by atoms with Crippen molar-refractivity contribution in [1.29, 1.82) is 0 Å². The molecule has 1 aliphatic rings. The SMILES string of the molecule is C=C1NC(=O)N[C@@H](c2ccc([N+](=O)[O-])cc2)[C@@H]1C(=O)N(C)C. The van der Waals surface area contributed by atoms with Crippen LogP contribution in [0.25, 0.3) is 0 Å². The van der Waals surface area contributed by atoms with Gasteiger partial charge in [0, 0.05) is 31.9 Å². The maximum atomic E-state index is 12.3. The number of nitrogens with zero attached hydrogens (tertiary/aromatic N) is 2. The molecule has 0 radical (unpaired) electrons. The molecule has 0 spiro atoms. The van der Waals surface area contributed by atoms with Gasteiger partial charge in [-0.1, -0.05) is 18.7 Å². The maximum Gasteiger partial charge on any atom is 0.319 e. The Morgan fingerprint density at radius 3 is 2.41 bits per heavy atom. The van der Waals surface area contributed by atoms with Crippen molar-refractivity contribution in [3.63, 3.8) is 0 Å². The number of hydrogen-bond acceptors (Lipinski definition) is 4. The number of urea groups is 1. The predicted molar refractivity (Wildman–Crippen MR) is 78.8 cm³/mol. The lowest BCUT2D eigenvalue weighted by Gasteiger charge is -2.35. The lowest BCUT2D eigenvalue weighted by Crippen LogP contribution is -2.52. The van der Waals surface area contributed by atoms with Gasteiger partial charge in [-0.15, -0.1) is 0 Å². The fraction of sp³-hybridized carbons (Fsp3) is 0.286. The normalized spacial score (nSPS) is 20.8. The van der Waals surface area contributed by atoms with Crippen molar-refractivity contribution in [2.24, 2.45) is 5.92 Å². The smallest absolute Gasteiger partial charge is 0.319 e. The average Bonchev–Trinajstić information content (AvgIpc) is 2.45. The number of nitro groups is 1. The molecule has 8 nitrogen and oxygen atoms in total. The number of benzene rings is 1. The Bertz CT molecular complexity index is 639. The second-order valence-corrected chi connectivity index (χ2v) is 5.16. The number of nitrogens with one attached hydrogen (secondary N) is 2. The monoisotopic (exact) mass is 304 g/mol. The highest BCUT2D eigenvalue weighted by molar-refractivity contribution is 5.87. The molecule has 0 aliphatic carbocycles. The van der Waals surface area contributed by atoms with Gasteiger partial charge < -0.3 is 15.5 Å². The zero-order chi connectivity index (χ0) is 16.4. The van der Waals surface area contributed by atoms with Gasteiger partial charge in [0.1, 0.15) is 5.92 Å². The van der Waals surface area contributed by atoms with Crippen molar-refractivity contribution in [1.82, 2.24) is 15.5 Å². The third-order valence-corrected chi connectivity index (χ3v) is 3.44. The van der Waals surface area contributed by atoms with Crippen LogP contribution in [0.2, 0.25) is 0 Å². The summed E-state index contributed by atoms with van der Waals surface area (Å²) in [6.07, 6.45) is 0. The van der Waals surface area contributed by atoms with E-state index in [0.717, 1.165) is 0 Å². The first-order chi connectivity index (χ1) is 10.3. The number of amides is 3. The van der Waals surface area contributed by atoms with Crippen LogP contribution in [0.3, 0.4) is 0 Å². The topological polar surface area (TPSA) is 105 Å². The fourth-order valence-electron chi connectivity index (χ4n) is 2.33. The van der Waals surface area contributed by atoms with Crippen LogP contribution < -0.4 is 10.6 Å². The van der Waals surface area contributed by atoms with E-state index < -0.39 is 22.9 Å². The van der Waals surface area contributed by atoms with E-state index in [9.17, 15) is 19.7 Å². The molecule has 1 heterocycles. The number of nitro benzene ring substituents is 1. The van der Waals surface area contributed by atoms with E-state index in [1.54, 1.807) is 14.1 Å². The molecule has 1 fully saturated rings. The maximum absolute atomic E-state index is 12.3. The van der Waals surface area contributed by atoms with Gasteiger partial charge in [-0.3, -0.25) is 14.9 Å². The molecule has 0 saturated carbocycles. The summed E-state index contributed by atoms with van der Waals surface area (Å²) < 4.78 is 0. The van der Waals surface area contributed by atoms with Gasteiger partial charge in [0.25, 0.3) is 5.69 Å². The standard InChI is InChI=1S/C14H16N4O4/c1-8-11(13(19)17(2)3)12(16-14(20)15-8)9-4-6-10(7-5-9)18(21)22/h4-7,11-12H,1H2,2-3H3,(H2,15,16,20)/t11-,12+/m1/s1. The molecule has 8 heteroatoms. The number of carbonyl (C=O) groups is 2. The molecule has 2 N–H and O–H groups in total. The van der Waals surface area contributed by atoms with E-state index in [1.165, 1.54) is 29.2 Å². The minimum atomic E-state index is -0.686. The number of carbonyl (C=O) groups excluding carboxylic acids is 2.